The van der Waals surface area contributed by atoms with E-state index < -0.39 is 0 Å². The Morgan fingerprint density at radius 2 is 1.81 bits per heavy atom. The number of benzene rings is 2. The number of carbonyl (C=O) groups excluding carboxylic acids is 2. The van der Waals surface area contributed by atoms with Gasteiger partial charge in [0.15, 0.2) is 0 Å². The van der Waals surface area contributed by atoms with Crippen molar-refractivity contribution in [2.75, 3.05) is 11.9 Å². The first kappa shape index (κ1) is 17.8. The molecule has 140 valence electrons. The minimum Gasteiger partial charge on any atom is -0.351 e. The molecule has 0 radical (unpaired) electrons. The SMILES string of the molecule is CC1CC1C(=O)Nc1cccc(C(=O)NCC2(c3ccccc3)CCC2)c1. The largest absolute Gasteiger partial charge is 0.351 e. The minimum atomic E-state index is -0.0897. The summed E-state index contributed by atoms with van der Waals surface area (Å²) in [6.07, 6.45) is 4.36. The average molecular weight is 362 g/mol. The van der Waals surface area contributed by atoms with Crippen molar-refractivity contribution >= 4 is 17.5 Å². The highest BCUT2D eigenvalue weighted by Gasteiger charge is 2.39. The molecule has 2 unspecified atom stereocenters. The van der Waals surface area contributed by atoms with Crippen LogP contribution in [0, 0.1) is 11.8 Å². The Morgan fingerprint density at radius 3 is 2.44 bits per heavy atom. The molecule has 4 nitrogen and oxygen atoms in total. The van der Waals surface area contributed by atoms with E-state index in [9.17, 15) is 9.59 Å². The topological polar surface area (TPSA) is 58.2 Å². The van der Waals surface area contributed by atoms with E-state index in [1.165, 1.54) is 12.0 Å². The van der Waals surface area contributed by atoms with Crippen molar-refractivity contribution in [2.24, 2.45) is 11.8 Å². The van der Waals surface area contributed by atoms with E-state index in [2.05, 4.69) is 41.8 Å². The summed E-state index contributed by atoms with van der Waals surface area (Å²) < 4.78 is 0. The lowest BCUT2D eigenvalue weighted by molar-refractivity contribution is -0.117. The van der Waals surface area contributed by atoms with E-state index in [-0.39, 0.29) is 23.1 Å². The highest BCUT2D eigenvalue weighted by Crippen LogP contribution is 2.43. The van der Waals surface area contributed by atoms with Gasteiger partial charge in [-0.15, -0.1) is 0 Å². The maximum Gasteiger partial charge on any atom is 0.251 e. The number of amides is 2. The molecule has 2 amide bonds. The number of carbonyl (C=O) groups is 2. The van der Waals surface area contributed by atoms with E-state index in [1.807, 2.05) is 18.2 Å². The summed E-state index contributed by atoms with van der Waals surface area (Å²) in [5.41, 5.74) is 2.63. The number of nitrogens with one attached hydrogen (secondary N) is 2. The minimum absolute atomic E-state index is 0.0533. The van der Waals surface area contributed by atoms with E-state index in [0.29, 0.717) is 23.7 Å². The lowest BCUT2D eigenvalue weighted by atomic mass is 9.64. The smallest absolute Gasteiger partial charge is 0.251 e. The van der Waals surface area contributed by atoms with Crippen LogP contribution >= 0.6 is 0 Å². The molecule has 0 spiro atoms. The van der Waals surface area contributed by atoms with Crippen LogP contribution in [-0.2, 0) is 10.2 Å². The van der Waals surface area contributed by atoms with Gasteiger partial charge >= 0.3 is 0 Å². The van der Waals surface area contributed by atoms with Crippen molar-refractivity contribution in [1.29, 1.82) is 0 Å². The Bertz CT molecular complexity index is 842. The van der Waals surface area contributed by atoms with Crippen molar-refractivity contribution in [3.05, 3.63) is 65.7 Å². The molecular weight excluding hydrogens is 336 g/mol. The third-order valence-corrected chi connectivity index (χ3v) is 6.12. The molecule has 2 aromatic carbocycles. The maximum atomic E-state index is 12.7. The average Bonchev–Trinajstić information content (AvgIpc) is 3.39. The summed E-state index contributed by atoms with van der Waals surface area (Å²) in [5.74, 6) is 0.547. The molecule has 4 heteroatoms. The summed E-state index contributed by atoms with van der Waals surface area (Å²) in [5, 5.41) is 6.04. The Balaban J connectivity index is 1.39. The first-order valence-corrected chi connectivity index (χ1v) is 9.82. The van der Waals surface area contributed by atoms with Gasteiger partial charge in [0.25, 0.3) is 5.91 Å². The molecule has 0 bridgehead atoms. The summed E-state index contributed by atoms with van der Waals surface area (Å²) in [7, 11) is 0. The molecule has 0 aromatic heterocycles. The normalized spacial score (nSPS) is 22.4. The number of hydrogen-bond donors (Lipinski definition) is 2. The van der Waals surface area contributed by atoms with Crippen LogP contribution in [0.1, 0.15) is 48.5 Å². The predicted octanol–water partition coefficient (Wildman–Crippen LogP) is 4.13. The van der Waals surface area contributed by atoms with Gasteiger partial charge in [-0.1, -0.05) is 49.7 Å². The van der Waals surface area contributed by atoms with Gasteiger partial charge in [0.05, 0.1) is 0 Å². The Labute approximate surface area is 160 Å². The standard InChI is InChI=1S/C23H26N2O2/c1-16-13-20(16)22(27)25-19-10-5-7-17(14-19)21(26)24-15-23(11-6-12-23)18-8-3-2-4-9-18/h2-5,7-10,14,16,20H,6,11-13,15H2,1H3,(H,24,26)(H,25,27). The van der Waals surface area contributed by atoms with Crippen LogP contribution in [0.2, 0.25) is 0 Å². The van der Waals surface area contributed by atoms with Crippen LogP contribution in [0.4, 0.5) is 5.69 Å². The predicted molar refractivity (Wildman–Crippen MR) is 107 cm³/mol. The fourth-order valence-corrected chi connectivity index (χ4v) is 3.97. The van der Waals surface area contributed by atoms with Gasteiger partial charge in [0.1, 0.15) is 0 Å². The van der Waals surface area contributed by atoms with Crippen LogP contribution in [0.15, 0.2) is 54.6 Å². The Morgan fingerprint density at radius 1 is 1.07 bits per heavy atom. The molecule has 2 saturated carbocycles. The monoisotopic (exact) mass is 362 g/mol. The quantitative estimate of drug-likeness (QED) is 0.812. The first-order chi connectivity index (χ1) is 13.1. The van der Waals surface area contributed by atoms with Crippen molar-refractivity contribution < 1.29 is 9.59 Å². The van der Waals surface area contributed by atoms with Gasteiger partial charge < -0.3 is 10.6 Å². The molecule has 2 N–H and O–H groups in total. The lowest BCUT2D eigenvalue weighted by Crippen LogP contribution is -2.45. The molecule has 2 aliphatic carbocycles. The van der Waals surface area contributed by atoms with Crippen LogP contribution in [0.3, 0.4) is 0 Å². The summed E-state index contributed by atoms with van der Waals surface area (Å²) in [4.78, 5) is 24.8. The van der Waals surface area contributed by atoms with Crippen molar-refractivity contribution in [3.8, 4) is 0 Å². The van der Waals surface area contributed by atoms with Gasteiger partial charge in [-0.05, 0) is 48.9 Å². The zero-order chi connectivity index (χ0) is 18.9. The van der Waals surface area contributed by atoms with Gasteiger partial charge in [-0.2, -0.15) is 0 Å². The molecule has 27 heavy (non-hydrogen) atoms. The molecule has 2 fully saturated rings. The van der Waals surface area contributed by atoms with E-state index in [4.69, 9.17) is 0 Å². The second-order valence-corrected chi connectivity index (χ2v) is 8.07. The summed E-state index contributed by atoms with van der Waals surface area (Å²) >= 11 is 0. The Hall–Kier alpha value is -2.62. The third-order valence-electron chi connectivity index (χ3n) is 6.12. The zero-order valence-corrected chi connectivity index (χ0v) is 15.7. The molecule has 2 aliphatic rings. The molecule has 2 atom stereocenters. The maximum absolute atomic E-state index is 12.7. The number of hydrogen-bond acceptors (Lipinski definition) is 2. The van der Waals surface area contributed by atoms with E-state index in [0.717, 1.165) is 19.3 Å². The van der Waals surface area contributed by atoms with Crippen LogP contribution < -0.4 is 10.6 Å². The highest BCUT2D eigenvalue weighted by atomic mass is 16.2. The fourth-order valence-electron chi connectivity index (χ4n) is 3.97. The number of rotatable bonds is 6. The van der Waals surface area contributed by atoms with Gasteiger partial charge in [0, 0.05) is 29.1 Å². The number of anilines is 1. The van der Waals surface area contributed by atoms with Crippen LogP contribution in [0.25, 0.3) is 0 Å². The van der Waals surface area contributed by atoms with Gasteiger partial charge in [-0.25, -0.2) is 0 Å². The molecular formula is C23H26N2O2. The second-order valence-electron chi connectivity index (χ2n) is 8.07. The van der Waals surface area contributed by atoms with Crippen LogP contribution in [0.5, 0.6) is 0 Å². The van der Waals surface area contributed by atoms with Gasteiger partial charge in [-0.3, -0.25) is 9.59 Å². The summed E-state index contributed by atoms with van der Waals surface area (Å²) in [6.45, 7) is 2.73. The highest BCUT2D eigenvalue weighted by molar-refractivity contribution is 5.98. The van der Waals surface area contributed by atoms with Crippen molar-refractivity contribution in [1.82, 2.24) is 5.32 Å². The fraction of sp³-hybridized carbons (Fsp3) is 0.391. The van der Waals surface area contributed by atoms with E-state index >= 15 is 0 Å². The molecule has 0 saturated heterocycles. The molecule has 0 heterocycles. The van der Waals surface area contributed by atoms with Crippen molar-refractivity contribution in [3.63, 3.8) is 0 Å². The molecule has 2 aromatic rings. The Kier molecular flexibility index (Phi) is 4.73. The third kappa shape index (κ3) is 3.75. The van der Waals surface area contributed by atoms with Crippen molar-refractivity contribution in [2.45, 2.75) is 38.0 Å². The van der Waals surface area contributed by atoms with E-state index in [1.54, 1.807) is 12.1 Å². The second kappa shape index (κ2) is 7.18. The first-order valence-electron chi connectivity index (χ1n) is 9.82. The zero-order valence-electron chi connectivity index (χ0n) is 15.7. The molecule has 0 aliphatic heterocycles. The summed E-state index contributed by atoms with van der Waals surface area (Å²) in [6, 6.07) is 17.7. The molecule has 4 rings (SSSR count). The lowest BCUT2D eigenvalue weighted by Gasteiger charge is -2.42. The van der Waals surface area contributed by atoms with Crippen LogP contribution in [-0.4, -0.2) is 18.4 Å². The van der Waals surface area contributed by atoms with Gasteiger partial charge in [0.2, 0.25) is 5.91 Å².